The van der Waals surface area contributed by atoms with Gasteiger partial charge in [-0.1, -0.05) is 30.3 Å². The van der Waals surface area contributed by atoms with E-state index in [0.717, 1.165) is 5.56 Å². The van der Waals surface area contributed by atoms with E-state index in [1.807, 2.05) is 30.3 Å². The van der Waals surface area contributed by atoms with Crippen LogP contribution in [0.4, 0.5) is 0 Å². The molecule has 0 atom stereocenters. The van der Waals surface area contributed by atoms with Crippen LogP contribution in [-0.4, -0.2) is 28.2 Å². The molecule has 1 aromatic rings. The molecule has 1 aliphatic heterocycles. The number of hydrogen-bond donors (Lipinski definition) is 1. The maximum atomic E-state index is 11.5. The average Bonchev–Trinajstić information content (AvgIpc) is 2.40. The summed E-state index contributed by atoms with van der Waals surface area (Å²) in [7, 11) is 0. The van der Waals surface area contributed by atoms with Crippen LogP contribution in [0, 0.1) is 0 Å². The summed E-state index contributed by atoms with van der Waals surface area (Å²) in [5.41, 5.74) is 1.45. The van der Waals surface area contributed by atoms with Gasteiger partial charge in [-0.25, -0.2) is 4.99 Å². The summed E-state index contributed by atoms with van der Waals surface area (Å²) in [6.45, 7) is 2.39. The van der Waals surface area contributed by atoms with Gasteiger partial charge in [-0.3, -0.25) is 4.79 Å². The van der Waals surface area contributed by atoms with Crippen LogP contribution < -0.4 is 0 Å². The Morgan fingerprint density at radius 1 is 1.35 bits per heavy atom. The second-order valence-electron chi connectivity index (χ2n) is 4.00. The highest BCUT2D eigenvalue weighted by Gasteiger charge is 2.14. The van der Waals surface area contributed by atoms with E-state index in [0.29, 0.717) is 12.3 Å². The van der Waals surface area contributed by atoms with Crippen molar-refractivity contribution in [3.8, 4) is 0 Å². The Bertz CT molecular complexity index is 477. The lowest BCUT2D eigenvalue weighted by Crippen LogP contribution is -2.22. The molecule has 1 amide bonds. The van der Waals surface area contributed by atoms with E-state index >= 15 is 0 Å². The van der Waals surface area contributed by atoms with Crippen molar-refractivity contribution in [1.82, 2.24) is 4.90 Å². The maximum absolute atomic E-state index is 11.5. The molecule has 17 heavy (non-hydrogen) atoms. The zero-order valence-electron chi connectivity index (χ0n) is 9.63. The molecule has 1 heterocycles. The van der Waals surface area contributed by atoms with Crippen LogP contribution in [-0.2, 0) is 11.3 Å². The number of aliphatic imine (C=N–C) groups is 1. The van der Waals surface area contributed by atoms with Gasteiger partial charge in [-0.15, -0.1) is 0 Å². The van der Waals surface area contributed by atoms with Crippen LogP contribution in [0.25, 0.3) is 0 Å². The first-order valence-electron chi connectivity index (χ1n) is 5.42. The fraction of sp³-hybridized carbons (Fsp3) is 0.231. The molecule has 1 aliphatic rings. The molecule has 0 aromatic heterocycles. The van der Waals surface area contributed by atoms with E-state index in [9.17, 15) is 9.90 Å². The summed E-state index contributed by atoms with van der Waals surface area (Å²) < 4.78 is 0. The van der Waals surface area contributed by atoms with Crippen LogP contribution in [0.5, 0.6) is 0 Å². The lowest BCUT2D eigenvalue weighted by Gasteiger charge is -2.17. The van der Waals surface area contributed by atoms with Crippen molar-refractivity contribution >= 4 is 11.6 Å². The molecule has 0 fully saturated rings. The van der Waals surface area contributed by atoms with Crippen molar-refractivity contribution in [1.29, 1.82) is 0 Å². The second-order valence-corrected chi connectivity index (χ2v) is 4.00. The Balaban J connectivity index is 2.15. The van der Waals surface area contributed by atoms with Crippen molar-refractivity contribution in [3.63, 3.8) is 0 Å². The van der Waals surface area contributed by atoms with E-state index in [2.05, 4.69) is 4.99 Å². The van der Waals surface area contributed by atoms with Gasteiger partial charge in [0.1, 0.15) is 0 Å². The number of aliphatic hydroxyl groups is 1. The van der Waals surface area contributed by atoms with E-state index in [-0.39, 0.29) is 18.2 Å². The fourth-order valence-electron chi connectivity index (χ4n) is 1.68. The number of aliphatic hydroxyl groups excluding tert-OH is 1. The van der Waals surface area contributed by atoms with Gasteiger partial charge in [0.25, 0.3) is 5.91 Å². The van der Waals surface area contributed by atoms with Crippen LogP contribution in [0.15, 0.2) is 47.3 Å². The topological polar surface area (TPSA) is 52.9 Å². The minimum absolute atomic E-state index is 0.0479. The molecular weight excluding hydrogens is 216 g/mol. The first kappa shape index (κ1) is 11.4. The molecule has 0 spiro atoms. The standard InChI is InChI=1S/C13H14N2O2/c1-10-12(16)8-15(9-13(17)14-10)7-11-5-3-2-4-6-11/h2-6,8,16H,7,9H2,1H3. The zero-order chi connectivity index (χ0) is 12.3. The SMILES string of the molecule is CC1=NC(=O)CN(Cc2ccccc2)C=C1O. The zero-order valence-corrected chi connectivity index (χ0v) is 9.63. The number of carbonyl (C=O) groups excluding carboxylic acids is 1. The lowest BCUT2D eigenvalue weighted by atomic mass is 10.2. The average molecular weight is 230 g/mol. The van der Waals surface area contributed by atoms with Gasteiger partial charge in [-0.2, -0.15) is 0 Å². The summed E-state index contributed by atoms with van der Waals surface area (Å²) in [5.74, 6) is -0.189. The smallest absolute Gasteiger partial charge is 0.265 e. The molecule has 2 rings (SSSR count). The highest BCUT2D eigenvalue weighted by Crippen LogP contribution is 2.09. The predicted octanol–water partition coefficient (Wildman–Crippen LogP) is 1.89. The summed E-state index contributed by atoms with van der Waals surface area (Å²) in [5, 5.41) is 9.66. The van der Waals surface area contributed by atoms with Crippen LogP contribution >= 0.6 is 0 Å². The Labute approximate surface area is 99.9 Å². The lowest BCUT2D eigenvalue weighted by molar-refractivity contribution is -0.118. The van der Waals surface area contributed by atoms with Crippen molar-refractivity contribution in [3.05, 3.63) is 47.9 Å². The van der Waals surface area contributed by atoms with Crippen molar-refractivity contribution in [2.24, 2.45) is 4.99 Å². The van der Waals surface area contributed by atoms with Gasteiger partial charge < -0.3 is 10.0 Å². The van der Waals surface area contributed by atoms with Gasteiger partial charge in [0.15, 0.2) is 5.76 Å². The van der Waals surface area contributed by atoms with Crippen LogP contribution in [0.2, 0.25) is 0 Å². The molecule has 1 N–H and O–H groups in total. The number of allylic oxidation sites excluding steroid dienone is 1. The van der Waals surface area contributed by atoms with Gasteiger partial charge in [0, 0.05) is 12.7 Å². The first-order valence-corrected chi connectivity index (χ1v) is 5.42. The number of carbonyl (C=O) groups is 1. The van der Waals surface area contributed by atoms with Gasteiger partial charge >= 0.3 is 0 Å². The summed E-state index contributed by atoms with van der Waals surface area (Å²) >= 11 is 0. The monoisotopic (exact) mass is 230 g/mol. The molecule has 1 aromatic carbocycles. The number of hydrogen-bond acceptors (Lipinski definition) is 3. The van der Waals surface area contributed by atoms with E-state index in [4.69, 9.17) is 0 Å². The number of rotatable bonds is 2. The molecule has 0 saturated heterocycles. The summed E-state index contributed by atoms with van der Waals surface area (Å²) in [6.07, 6.45) is 1.57. The number of amides is 1. The predicted molar refractivity (Wildman–Crippen MR) is 65.7 cm³/mol. The molecule has 0 aliphatic carbocycles. The Kier molecular flexibility index (Phi) is 3.23. The Hall–Kier alpha value is -2.10. The van der Waals surface area contributed by atoms with Crippen LogP contribution in [0.1, 0.15) is 12.5 Å². The summed E-state index contributed by atoms with van der Waals surface area (Å²) in [6, 6.07) is 9.79. The van der Waals surface area contributed by atoms with Crippen molar-refractivity contribution in [2.45, 2.75) is 13.5 Å². The van der Waals surface area contributed by atoms with Gasteiger partial charge in [0.05, 0.1) is 12.3 Å². The molecule has 0 bridgehead atoms. The number of nitrogens with zero attached hydrogens (tertiary/aromatic N) is 2. The quantitative estimate of drug-likeness (QED) is 0.844. The highest BCUT2D eigenvalue weighted by atomic mass is 16.3. The molecular formula is C13H14N2O2. The Morgan fingerprint density at radius 2 is 2.06 bits per heavy atom. The highest BCUT2D eigenvalue weighted by molar-refractivity contribution is 6.04. The molecule has 0 radical (unpaired) electrons. The minimum Gasteiger partial charge on any atom is -0.505 e. The first-order chi connectivity index (χ1) is 8.15. The number of benzene rings is 1. The third kappa shape index (κ3) is 2.93. The van der Waals surface area contributed by atoms with Crippen molar-refractivity contribution in [2.75, 3.05) is 6.54 Å². The third-order valence-corrected chi connectivity index (χ3v) is 2.53. The molecule has 88 valence electrons. The van der Waals surface area contributed by atoms with Gasteiger partial charge in [-0.05, 0) is 12.5 Å². The normalized spacial score (nSPS) is 16.3. The fourth-order valence-corrected chi connectivity index (χ4v) is 1.68. The van der Waals surface area contributed by atoms with Gasteiger partial charge in [0.2, 0.25) is 0 Å². The molecule has 0 unspecified atom stereocenters. The van der Waals surface area contributed by atoms with Crippen molar-refractivity contribution < 1.29 is 9.90 Å². The molecule has 4 heteroatoms. The largest absolute Gasteiger partial charge is 0.505 e. The minimum atomic E-state index is -0.237. The second kappa shape index (κ2) is 4.82. The van der Waals surface area contributed by atoms with E-state index < -0.39 is 0 Å². The summed E-state index contributed by atoms with van der Waals surface area (Å²) in [4.78, 5) is 17.0. The Morgan fingerprint density at radius 3 is 2.76 bits per heavy atom. The van der Waals surface area contributed by atoms with Crippen LogP contribution in [0.3, 0.4) is 0 Å². The third-order valence-electron chi connectivity index (χ3n) is 2.53. The molecule has 0 saturated carbocycles. The molecule has 4 nitrogen and oxygen atoms in total. The van der Waals surface area contributed by atoms with E-state index in [1.54, 1.807) is 18.0 Å². The van der Waals surface area contributed by atoms with E-state index in [1.165, 1.54) is 0 Å². The maximum Gasteiger partial charge on any atom is 0.265 e.